The minimum atomic E-state index is -0.640. The normalized spacial score (nSPS) is 18.0. The monoisotopic (exact) mass is 316 g/mol. The van der Waals surface area contributed by atoms with Crippen LogP contribution < -0.4 is 0 Å². The fourth-order valence-corrected chi connectivity index (χ4v) is 2.61. The van der Waals surface area contributed by atoms with Gasteiger partial charge in [0.05, 0.1) is 0 Å². The Labute approximate surface area is 137 Å². The highest BCUT2D eigenvalue weighted by Crippen LogP contribution is 2.26. The summed E-state index contributed by atoms with van der Waals surface area (Å²) >= 11 is 0. The third kappa shape index (κ3) is 4.41. The summed E-state index contributed by atoms with van der Waals surface area (Å²) in [6.45, 7) is 7.59. The summed E-state index contributed by atoms with van der Waals surface area (Å²) in [5.41, 5.74) is 1.44. The first-order valence-electron chi connectivity index (χ1n) is 7.80. The second kappa shape index (κ2) is 6.52. The average Bonchev–Trinajstić information content (AvgIpc) is 2.43. The van der Waals surface area contributed by atoms with Crippen molar-refractivity contribution in [1.29, 1.82) is 0 Å². The third-order valence-corrected chi connectivity index (χ3v) is 3.95. The topological polar surface area (TPSA) is 59.5 Å². The zero-order chi connectivity index (χ0) is 17.2. The molecular weight excluding hydrogens is 292 g/mol. The van der Waals surface area contributed by atoms with E-state index in [0.717, 1.165) is 11.3 Å². The highest BCUT2D eigenvalue weighted by Gasteiger charge is 2.33. The third-order valence-electron chi connectivity index (χ3n) is 3.95. The van der Waals surface area contributed by atoms with E-state index in [0.29, 0.717) is 6.42 Å². The molecule has 1 unspecified atom stereocenters. The molecule has 0 aliphatic carbocycles. The Bertz CT molecular complexity index is 649. The maximum Gasteiger partial charge on any atom is 0.289 e. The van der Waals surface area contributed by atoms with E-state index in [9.17, 15) is 9.59 Å². The van der Waals surface area contributed by atoms with Crippen LogP contribution in [-0.2, 0) is 20.7 Å². The van der Waals surface area contributed by atoms with Crippen molar-refractivity contribution in [2.75, 3.05) is 7.05 Å². The summed E-state index contributed by atoms with van der Waals surface area (Å²) < 4.78 is 5.68. The number of hydrogen-bond donors (Lipinski definition) is 0. The van der Waals surface area contributed by atoms with Gasteiger partial charge in [-0.25, -0.2) is 0 Å². The molecule has 0 spiro atoms. The van der Waals surface area contributed by atoms with Gasteiger partial charge in [-0.05, 0) is 45.4 Å². The number of allylic oxidation sites excluding steroid dienone is 1. The second-order valence-electron chi connectivity index (χ2n) is 6.81. The summed E-state index contributed by atoms with van der Waals surface area (Å²) in [5, 5.41) is 0. The number of carbonyl (C=O) groups excluding carboxylic acids is 2. The molecule has 1 aromatic rings. The van der Waals surface area contributed by atoms with E-state index in [1.807, 2.05) is 39.8 Å². The second-order valence-corrected chi connectivity index (χ2v) is 6.81. The number of amides is 1. The van der Waals surface area contributed by atoms with E-state index in [1.165, 1.54) is 6.08 Å². The predicted molar refractivity (Wildman–Crippen MR) is 87.8 cm³/mol. The number of aromatic nitrogens is 1. The number of hydrogen-bond acceptors (Lipinski definition) is 4. The molecule has 1 aliphatic rings. The van der Waals surface area contributed by atoms with Crippen molar-refractivity contribution >= 4 is 11.7 Å². The first-order valence-corrected chi connectivity index (χ1v) is 7.80. The van der Waals surface area contributed by atoms with Gasteiger partial charge in [-0.3, -0.25) is 14.6 Å². The Balaban J connectivity index is 2.08. The van der Waals surface area contributed by atoms with E-state index in [2.05, 4.69) is 4.98 Å². The molecule has 2 rings (SSSR count). The van der Waals surface area contributed by atoms with Crippen LogP contribution in [0.4, 0.5) is 0 Å². The number of ketones is 1. The maximum absolute atomic E-state index is 12.6. The molecule has 0 N–H and O–H groups in total. The molecule has 0 fully saturated rings. The SMILES string of the molecule is Cc1ccnc(CC(C)N(C)C(=O)C2=CC(=O)CC(C)(C)O2)c1. The van der Waals surface area contributed by atoms with E-state index in [1.54, 1.807) is 18.1 Å². The predicted octanol–water partition coefficient (Wildman–Crippen LogP) is 2.43. The maximum atomic E-state index is 12.6. The summed E-state index contributed by atoms with van der Waals surface area (Å²) in [6, 6.07) is 3.90. The summed E-state index contributed by atoms with van der Waals surface area (Å²) in [6.07, 6.45) is 4.01. The molecule has 124 valence electrons. The molecule has 0 saturated heterocycles. The molecule has 1 aliphatic heterocycles. The van der Waals surface area contributed by atoms with Gasteiger partial charge >= 0.3 is 0 Å². The quantitative estimate of drug-likeness (QED) is 0.856. The Morgan fingerprint density at radius 2 is 2.17 bits per heavy atom. The molecule has 2 heterocycles. The zero-order valence-corrected chi connectivity index (χ0v) is 14.4. The first-order chi connectivity index (χ1) is 10.7. The molecule has 0 aromatic carbocycles. The molecule has 0 saturated carbocycles. The van der Waals surface area contributed by atoms with Crippen LogP contribution in [0.2, 0.25) is 0 Å². The van der Waals surface area contributed by atoms with Gasteiger partial charge in [-0.2, -0.15) is 0 Å². The molecule has 1 atom stereocenters. The number of pyridine rings is 1. The van der Waals surface area contributed by atoms with Crippen molar-refractivity contribution in [2.24, 2.45) is 0 Å². The van der Waals surface area contributed by atoms with Crippen molar-refractivity contribution < 1.29 is 14.3 Å². The largest absolute Gasteiger partial charge is 0.481 e. The highest BCUT2D eigenvalue weighted by molar-refractivity contribution is 6.01. The van der Waals surface area contributed by atoms with Crippen LogP contribution in [0.25, 0.3) is 0 Å². The van der Waals surface area contributed by atoms with Crippen LogP contribution in [0.3, 0.4) is 0 Å². The Hall–Kier alpha value is -2.17. The van der Waals surface area contributed by atoms with Gasteiger partial charge in [0.15, 0.2) is 11.5 Å². The van der Waals surface area contributed by atoms with Crippen molar-refractivity contribution in [3.8, 4) is 0 Å². The molecule has 0 radical (unpaired) electrons. The lowest BCUT2D eigenvalue weighted by Crippen LogP contribution is -2.42. The van der Waals surface area contributed by atoms with Gasteiger partial charge in [0.25, 0.3) is 5.91 Å². The van der Waals surface area contributed by atoms with E-state index >= 15 is 0 Å². The standard InChI is InChI=1S/C18H24N2O3/c1-12-6-7-19-14(8-12)9-13(2)20(5)17(22)16-10-15(21)11-18(3,4)23-16/h6-8,10,13H,9,11H2,1-5H3. The number of likely N-dealkylation sites (N-methyl/N-ethyl adjacent to an activating group) is 1. The van der Waals surface area contributed by atoms with Crippen molar-refractivity contribution in [1.82, 2.24) is 9.88 Å². The van der Waals surface area contributed by atoms with Gasteiger partial charge in [0.1, 0.15) is 5.60 Å². The van der Waals surface area contributed by atoms with E-state index in [4.69, 9.17) is 4.74 Å². The van der Waals surface area contributed by atoms with Gasteiger partial charge in [-0.15, -0.1) is 0 Å². The lowest BCUT2D eigenvalue weighted by molar-refractivity contribution is -0.138. The van der Waals surface area contributed by atoms with Crippen LogP contribution in [0, 0.1) is 6.92 Å². The van der Waals surface area contributed by atoms with Crippen molar-refractivity contribution in [3.63, 3.8) is 0 Å². The molecule has 5 heteroatoms. The van der Waals surface area contributed by atoms with Crippen molar-refractivity contribution in [3.05, 3.63) is 41.4 Å². The zero-order valence-electron chi connectivity index (χ0n) is 14.4. The van der Waals surface area contributed by atoms with Gasteiger partial charge in [0.2, 0.25) is 0 Å². The fraction of sp³-hybridized carbons (Fsp3) is 0.500. The Morgan fingerprint density at radius 3 is 2.78 bits per heavy atom. The van der Waals surface area contributed by atoms with Crippen LogP contribution in [0.1, 0.15) is 38.4 Å². The number of aryl methyl sites for hydroxylation is 1. The van der Waals surface area contributed by atoms with Crippen LogP contribution in [-0.4, -0.2) is 40.3 Å². The molecule has 5 nitrogen and oxygen atoms in total. The fourth-order valence-electron chi connectivity index (χ4n) is 2.61. The highest BCUT2D eigenvalue weighted by atomic mass is 16.5. The minimum absolute atomic E-state index is 0.0542. The molecule has 1 aromatic heterocycles. The smallest absolute Gasteiger partial charge is 0.289 e. The average molecular weight is 316 g/mol. The first kappa shape index (κ1) is 17.2. The van der Waals surface area contributed by atoms with E-state index in [-0.39, 0.29) is 29.9 Å². The van der Waals surface area contributed by atoms with E-state index < -0.39 is 5.60 Å². The van der Waals surface area contributed by atoms with Crippen molar-refractivity contribution in [2.45, 2.75) is 52.2 Å². The number of rotatable bonds is 4. The summed E-state index contributed by atoms with van der Waals surface area (Å²) in [7, 11) is 1.72. The molecule has 23 heavy (non-hydrogen) atoms. The minimum Gasteiger partial charge on any atom is -0.481 e. The summed E-state index contributed by atoms with van der Waals surface area (Å²) in [5.74, 6) is -0.227. The number of nitrogens with zero attached hydrogens (tertiary/aromatic N) is 2. The van der Waals surface area contributed by atoms with Gasteiger partial charge < -0.3 is 9.64 Å². The molecule has 0 bridgehead atoms. The van der Waals surface area contributed by atoms with Crippen LogP contribution in [0.15, 0.2) is 30.2 Å². The number of ether oxygens (including phenoxy) is 1. The molecule has 1 amide bonds. The summed E-state index contributed by atoms with van der Waals surface area (Å²) in [4.78, 5) is 30.3. The number of carbonyl (C=O) groups is 2. The van der Waals surface area contributed by atoms with Crippen LogP contribution >= 0.6 is 0 Å². The Morgan fingerprint density at radius 1 is 1.48 bits per heavy atom. The lowest BCUT2D eigenvalue weighted by atomic mass is 9.98. The van der Waals surface area contributed by atoms with Gasteiger partial charge in [-0.1, -0.05) is 0 Å². The molecular formula is C18H24N2O3. The van der Waals surface area contributed by atoms with Crippen LogP contribution in [0.5, 0.6) is 0 Å². The van der Waals surface area contributed by atoms with Gasteiger partial charge in [0, 0.05) is 43.9 Å². The lowest BCUT2D eigenvalue weighted by Gasteiger charge is -2.33. The Kier molecular flexibility index (Phi) is 4.88.